The number of unbranched alkanes of at least 4 members (excludes halogenated alkanes) is 7. The number of hydrogen-bond donors (Lipinski definition) is 2. The first-order chi connectivity index (χ1) is 12.6. The van der Waals surface area contributed by atoms with E-state index in [1.54, 1.807) is 4.90 Å². The van der Waals surface area contributed by atoms with Crippen molar-refractivity contribution in [3.05, 3.63) is 0 Å². The highest BCUT2D eigenvalue weighted by Crippen LogP contribution is 2.12. The third kappa shape index (κ3) is 8.83. The molecule has 1 aliphatic rings. The van der Waals surface area contributed by atoms with Crippen LogP contribution in [0.5, 0.6) is 0 Å². The van der Waals surface area contributed by atoms with Gasteiger partial charge in [-0.25, -0.2) is 0 Å². The van der Waals surface area contributed by atoms with Crippen LogP contribution in [0.25, 0.3) is 0 Å². The van der Waals surface area contributed by atoms with E-state index in [2.05, 4.69) is 17.6 Å². The van der Waals surface area contributed by atoms with Crippen LogP contribution in [0, 0.1) is 0 Å². The molecule has 26 heavy (non-hydrogen) atoms. The van der Waals surface area contributed by atoms with E-state index in [4.69, 9.17) is 17.0 Å². The summed E-state index contributed by atoms with van der Waals surface area (Å²) in [4.78, 5) is 26.0. The fourth-order valence-corrected chi connectivity index (χ4v) is 3.42. The van der Waals surface area contributed by atoms with Crippen LogP contribution >= 0.6 is 12.2 Å². The quantitative estimate of drug-likeness (QED) is 0.306. The number of nitrogens with zero attached hydrogens (tertiary/aromatic N) is 1. The normalized spacial score (nSPS) is 16.9. The van der Waals surface area contributed by atoms with Gasteiger partial charge in [0.1, 0.15) is 6.04 Å². The molecule has 7 heteroatoms. The lowest BCUT2D eigenvalue weighted by atomic mass is 10.1. The molecule has 1 unspecified atom stereocenters. The van der Waals surface area contributed by atoms with Gasteiger partial charge >= 0.3 is 5.97 Å². The van der Waals surface area contributed by atoms with E-state index in [-0.39, 0.29) is 18.3 Å². The molecule has 1 saturated heterocycles. The van der Waals surface area contributed by atoms with Gasteiger partial charge in [-0.2, -0.15) is 0 Å². The average molecular weight is 386 g/mol. The molecule has 1 rings (SSSR count). The molecule has 0 spiro atoms. The number of piperazine rings is 1. The number of hydrogen-bond acceptors (Lipinski definition) is 4. The van der Waals surface area contributed by atoms with Crippen LogP contribution in [0.3, 0.4) is 0 Å². The van der Waals surface area contributed by atoms with Gasteiger partial charge in [0.15, 0.2) is 5.11 Å². The molecule has 0 aromatic heterocycles. The van der Waals surface area contributed by atoms with Crippen LogP contribution in [-0.2, 0) is 14.3 Å². The van der Waals surface area contributed by atoms with Crippen molar-refractivity contribution in [2.75, 3.05) is 26.2 Å². The van der Waals surface area contributed by atoms with E-state index in [0.717, 1.165) is 12.8 Å². The zero-order valence-electron chi connectivity index (χ0n) is 16.3. The van der Waals surface area contributed by atoms with Gasteiger partial charge in [0.2, 0.25) is 5.91 Å². The molecule has 1 fully saturated rings. The Labute approximate surface area is 163 Å². The summed E-state index contributed by atoms with van der Waals surface area (Å²) in [7, 11) is 0. The van der Waals surface area contributed by atoms with Gasteiger partial charge in [0.25, 0.3) is 0 Å². The number of carbonyl (C=O) groups excluding carboxylic acids is 2. The Morgan fingerprint density at radius 2 is 1.85 bits per heavy atom. The summed E-state index contributed by atoms with van der Waals surface area (Å²) < 4.78 is 5.32. The molecule has 2 N–H and O–H groups in total. The maximum atomic E-state index is 12.1. The summed E-state index contributed by atoms with van der Waals surface area (Å²) in [5, 5.41) is 6.36. The SMILES string of the molecule is CCCCCCCCCCOC(=O)CC1C(=O)NCCN1C(=S)NCC. The van der Waals surface area contributed by atoms with E-state index in [9.17, 15) is 9.59 Å². The van der Waals surface area contributed by atoms with Crippen molar-refractivity contribution in [1.82, 2.24) is 15.5 Å². The molecule has 0 bridgehead atoms. The highest BCUT2D eigenvalue weighted by Gasteiger charge is 2.33. The third-order valence-electron chi connectivity index (χ3n) is 4.54. The molecule has 0 aromatic carbocycles. The Morgan fingerprint density at radius 1 is 1.19 bits per heavy atom. The average Bonchev–Trinajstić information content (AvgIpc) is 2.62. The Bertz CT molecular complexity index is 446. The standard InChI is InChI=1S/C19H35N3O3S/c1-3-5-6-7-8-9-10-11-14-25-17(23)15-16-18(24)21-12-13-22(16)19(26)20-4-2/h16H,3-15H2,1-2H3,(H,20,26)(H,21,24). The Balaban J connectivity index is 2.23. The number of thiocarbonyl (C=S) groups is 1. The Hall–Kier alpha value is -1.37. The van der Waals surface area contributed by atoms with Gasteiger partial charge in [-0.05, 0) is 25.6 Å². The molecule has 6 nitrogen and oxygen atoms in total. The fraction of sp³-hybridized carbons (Fsp3) is 0.842. The zero-order valence-corrected chi connectivity index (χ0v) is 17.2. The lowest BCUT2D eigenvalue weighted by Gasteiger charge is -2.36. The molecule has 1 atom stereocenters. The van der Waals surface area contributed by atoms with E-state index in [0.29, 0.717) is 31.4 Å². The van der Waals surface area contributed by atoms with Crippen molar-refractivity contribution in [1.29, 1.82) is 0 Å². The number of nitrogens with one attached hydrogen (secondary N) is 2. The molecule has 0 aliphatic carbocycles. The zero-order chi connectivity index (χ0) is 19.2. The minimum atomic E-state index is -0.582. The fourth-order valence-electron chi connectivity index (χ4n) is 3.05. The molecule has 1 heterocycles. The summed E-state index contributed by atoms with van der Waals surface area (Å²) in [6.07, 6.45) is 9.66. The lowest BCUT2D eigenvalue weighted by Crippen LogP contribution is -2.59. The summed E-state index contributed by atoms with van der Waals surface area (Å²) in [6.45, 7) is 6.43. The van der Waals surface area contributed by atoms with Crippen molar-refractivity contribution in [2.24, 2.45) is 0 Å². The molecular weight excluding hydrogens is 350 g/mol. The predicted molar refractivity (Wildman–Crippen MR) is 108 cm³/mol. The van der Waals surface area contributed by atoms with E-state index in [1.807, 2.05) is 6.92 Å². The molecular formula is C19H35N3O3S. The van der Waals surface area contributed by atoms with Crippen LogP contribution < -0.4 is 10.6 Å². The van der Waals surface area contributed by atoms with Crippen LogP contribution in [0.1, 0.15) is 71.6 Å². The predicted octanol–water partition coefficient (Wildman–Crippen LogP) is 2.76. The number of ether oxygens (including phenoxy) is 1. The van der Waals surface area contributed by atoms with E-state index in [1.165, 1.54) is 38.5 Å². The van der Waals surface area contributed by atoms with Gasteiger partial charge in [0.05, 0.1) is 13.0 Å². The molecule has 0 radical (unpaired) electrons. The Kier molecular flexibility index (Phi) is 12.0. The molecule has 1 amide bonds. The molecule has 0 aromatic rings. The molecule has 0 saturated carbocycles. The van der Waals surface area contributed by atoms with Crippen molar-refractivity contribution in [3.63, 3.8) is 0 Å². The largest absolute Gasteiger partial charge is 0.466 e. The summed E-state index contributed by atoms with van der Waals surface area (Å²) in [5.74, 6) is -0.500. The van der Waals surface area contributed by atoms with E-state index < -0.39 is 6.04 Å². The summed E-state index contributed by atoms with van der Waals surface area (Å²) >= 11 is 5.31. The van der Waals surface area contributed by atoms with Gasteiger partial charge in [-0.3, -0.25) is 9.59 Å². The lowest BCUT2D eigenvalue weighted by molar-refractivity contribution is -0.147. The molecule has 150 valence electrons. The highest BCUT2D eigenvalue weighted by atomic mass is 32.1. The van der Waals surface area contributed by atoms with Crippen LogP contribution in [-0.4, -0.2) is 54.2 Å². The van der Waals surface area contributed by atoms with Crippen molar-refractivity contribution >= 4 is 29.2 Å². The number of carbonyl (C=O) groups is 2. The first-order valence-corrected chi connectivity index (χ1v) is 10.5. The topological polar surface area (TPSA) is 70.7 Å². The van der Waals surface area contributed by atoms with Gasteiger partial charge in [-0.15, -0.1) is 0 Å². The number of esters is 1. The maximum Gasteiger partial charge on any atom is 0.308 e. The maximum absolute atomic E-state index is 12.1. The Morgan fingerprint density at radius 3 is 2.50 bits per heavy atom. The van der Waals surface area contributed by atoms with Crippen LogP contribution in [0.4, 0.5) is 0 Å². The van der Waals surface area contributed by atoms with Crippen LogP contribution in [0.15, 0.2) is 0 Å². The minimum Gasteiger partial charge on any atom is -0.466 e. The van der Waals surface area contributed by atoms with Crippen molar-refractivity contribution in [2.45, 2.75) is 77.7 Å². The monoisotopic (exact) mass is 385 g/mol. The smallest absolute Gasteiger partial charge is 0.308 e. The van der Waals surface area contributed by atoms with Gasteiger partial charge in [0, 0.05) is 19.6 Å². The number of rotatable bonds is 12. The summed E-state index contributed by atoms with van der Waals surface area (Å²) in [6, 6.07) is -0.582. The first kappa shape index (κ1) is 22.7. The van der Waals surface area contributed by atoms with Gasteiger partial charge in [-0.1, -0.05) is 51.9 Å². The summed E-state index contributed by atoms with van der Waals surface area (Å²) in [5.41, 5.74) is 0. The second kappa shape index (κ2) is 13.8. The van der Waals surface area contributed by atoms with Crippen LogP contribution in [0.2, 0.25) is 0 Å². The second-order valence-electron chi connectivity index (χ2n) is 6.74. The first-order valence-electron chi connectivity index (χ1n) is 10.1. The minimum absolute atomic E-state index is 0.0361. The van der Waals surface area contributed by atoms with E-state index >= 15 is 0 Å². The number of amides is 1. The second-order valence-corrected chi connectivity index (χ2v) is 7.12. The van der Waals surface area contributed by atoms with Crippen molar-refractivity contribution in [3.8, 4) is 0 Å². The highest BCUT2D eigenvalue weighted by molar-refractivity contribution is 7.80. The van der Waals surface area contributed by atoms with Gasteiger partial charge < -0.3 is 20.3 Å². The third-order valence-corrected chi connectivity index (χ3v) is 4.92. The molecule has 1 aliphatic heterocycles. The van der Waals surface area contributed by atoms with Crippen molar-refractivity contribution < 1.29 is 14.3 Å².